The Hall–Kier alpha value is -2.43. The van der Waals surface area contributed by atoms with Gasteiger partial charge in [-0.25, -0.2) is 4.98 Å². The molecular weight excluding hydrogens is 238 g/mol. The van der Waals surface area contributed by atoms with Crippen molar-refractivity contribution in [3.05, 3.63) is 53.5 Å². The summed E-state index contributed by atoms with van der Waals surface area (Å²) in [4.78, 5) is 8.42. The molecule has 0 atom stereocenters. The van der Waals surface area contributed by atoms with Gasteiger partial charge in [-0.05, 0) is 19.4 Å². The van der Waals surface area contributed by atoms with Crippen LogP contribution in [0.4, 0.5) is 5.82 Å². The highest BCUT2D eigenvalue weighted by Crippen LogP contribution is 2.12. The zero-order valence-electron chi connectivity index (χ0n) is 11.0. The maximum atomic E-state index is 4.31. The summed E-state index contributed by atoms with van der Waals surface area (Å²) < 4.78 is 1.71. The molecule has 0 aliphatic rings. The summed E-state index contributed by atoms with van der Waals surface area (Å²) in [5.74, 6) is 1.52. The molecule has 3 rings (SSSR count). The minimum atomic E-state index is 0.617. The Morgan fingerprint density at radius 3 is 2.95 bits per heavy atom. The van der Waals surface area contributed by atoms with Crippen LogP contribution in [0.5, 0.6) is 0 Å². The zero-order chi connectivity index (χ0) is 13.2. The molecule has 1 aromatic carbocycles. The van der Waals surface area contributed by atoms with Gasteiger partial charge in [0, 0.05) is 18.3 Å². The first-order chi connectivity index (χ1) is 9.22. The lowest BCUT2D eigenvalue weighted by molar-refractivity contribution is 0.916. The normalized spacial score (nSPS) is 10.8. The third-order valence-electron chi connectivity index (χ3n) is 2.94. The third-order valence-corrected chi connectivity index (χ3v) is 2.94. The average Bonchev–Trinajstić information content (AvgIpc) is 2.84. The molecule has 96 valence electrons. The molecule has 0 radical (unpaired) electrons. The summed E-state index contributed by atoms with van der Waals surface area (Å²) >= 11 is 0. The lowest BCUT2D eigenvalue weighted by atomic mass is 10.1. The highest BCUT2D eigenvalue weighted by Gasteiger charge is 2.05. The van der Waals surface area contributed by atoms with Gasteiger partial charge in [-0.2, -0.15) is 14.6 Å². The van der Waals surface area contributed by atoms with Crippen molar-refractivity contribution in [1.29, 1.82) is 0 Å². The van der Waals surface area contributed by atoms with Crippen molar-refractivity contribution < 1.29 is 0 Å². The molecule has 1 N–H and O–H groups in total. The van der Waals surface area contributed by atoms with Crippen LogP contribution in [0.25, 0.3) is 5.78 Å². The summed E-state index contributed by atoms with van der Waals surface area (Å²) in [6.45, 7) is 4.79. The smallest absolute Gasteiger partial charge is 0.254 e. The Labute approximate surface area is 111 Å². The zero-order valence-corrected chi connectivity index (χ0v) is 11.0. The molecule has 2 heterocycles. The largest absolute Gasteiger partial charge is 0.366 e. The molecule has 5 heteroatoms. The van der Waals surface area contributed by atoms with E-state index in [0.717, 1.165) is 18.1 Å². The molecule has 0 amide bonds. The van der Waals surface area contributed by atoms with Crippen LogP contribution in [-0.4, -0.2) is 19.6 Å². The number of benzene rings is 1. The van der Waals surface area contributed by atoms with Crippen LogP contribution in [0.3, 0.4) is 0 Å². The summed E-state index contributed by atoms with van der Waals surface area (Å²) in [5, 5.41) is 7.55. The Bertz CT molecular complexity index is 717. The first-order valence-corrected chi connectivity index (χ1v) is 6.19. The Balaban J connectivity index is 1.87. The van der Waals surface area contributed by atoms with Crippen molar-refractivity contribution in [3.63, 3.8) is 0 Å². The van der Waals surface area contributed by atoms with Crippen LogP contribution in [0.1, 0.15) is 16.8 Å². The summed E-state index contributed by atoms with van der Waals surface area (Å²) in [7, 11) is 0. The molecule has 0 saturated heterocycles. The Morgan fingerprint density at radius 1 is 1.21 bits per heavy atom. The van der Waals surface area contributed by atoms with Crippen LogP contribution in [-0.2, 0) is 6.54 Å². The van der Waals surface area contributed by atoms with Gasteiger partial charge in [0.25, 0.3) is 5.78 Å². The van der Waals surface area contributed by atoms with Crippen molar-refractivity contribution in [2.45, 2.75) is 20.4 Å². The second-order valence-corrected chi connectivity index (χ2v) is 4.60. The fourth-order valence-electron chi connectivity index (χ4n) is 2.07. The number of aromatic nitrogens is 4. The minimum absolute atomic E-state index is 0.617. The third kappa shape index (κ3) is 2.40. The predicted octanol–water partition coefficient (Wildman–Crippen LogP) is 2.35. The van der Waals surface area contributed by atoms with Gasteiger partial charge in [0.15, 0.2) is 0 Å². The van der Waals surface area contributed by atoms with E-state index in [-0.39, 0.29) is 0 Å². The van der Waals surface area contributed by atoms with E-state index < -0.39 is 0 Å². The lowest BCUT2D eigenvalue weighted by Gasteiger charge is -2.09. The van der Waals surface area contributed by atoms with E-state index in [1.807, 2.05) is 13.0 Å². The van der Waals surface area contributed by atoms with Crippen LogP contribution < -0.4 is 5.32 Å². The van der Waals surface area contributed by atoms with Crippen LogP contribution >= 0.6 is 0 Å². The number of anilines is 1. The molecule has 0 saturated carbocycles. The maximum absolute atomic E-state index is 4.31. The van der Waals surface area contributed by atoms with Crippen LogP contribution in [0.15, 0.2) is 36.7 Å². The molecule has 2 aromatic heterocycles. The molecule has 0 aliphatic carbocycles. The highest BCUT2D eigenvalue weighted by atomic mass is 15.3. The van der Waals surface area contributed by atoms with Gasteiger partial charge < -0.3 is 5.32 Å². The lowest BCUT2D eigenvalue weighted by Crippen LogP contribution is -2.07. The minimum Gasteiger partial charge on any atom is -0.366 e. The number of nitrogens with one attached hydrogen (secondary N) is 1. The van der Waals surface area contributed by atoms with E-state index >= 15 is 0 Å². The summed E-state index contributed by atoms with van der Waals surface area (Å²) in [6.07, 6.45) is 1.51. The SMILES string of the molecule is Cc1cccc(CNc2cc(C)nc3ncnn23)c1. The van der Waals surface area contributed by atoms with Crippen LogP contribution in [0, 0.1) is 13.8 Å². The molecule has 0 unspecified atom stereocenters. The number of fused-ring (bicyclic) bond motifs is 1. The van der Waals surface area contributed by atoms with Crippen molar-refractivity contribution in [2.75, 3.05) is 5.32 Å². The average molecular weight is 253 g/mol. The van der Waals surface area contributed by atoms with E-state index in [1.165, 1.54) is 17.5 Å². The van der Waals surface area contributed by atoms with Gasteiger partial charge >= 0.3 is 0 Å². The topological polar surface area (TPSA) is 55.1 Å². The first-order valence-electron chi connectivity index (χ1n) is 6.19. The number of nitrogens with zero attached hydrogens (tertiary/aromatic N) is 4. The molecule has 0 spiro atoms. The van der Waals surface area contributed by atoms with Gasteiger partial charge in [0.2, 0.25) is 0 Å². The molecule has 3 aromatic rings. The van der Waals surface area contributed by atoms with Gasteiger partial charge in [-0.1, -0.05) is 29.8 Å². The van der Waals surface area contributed by atoms with E-state index in [9.17, 15) is 0 Å². The van der Waals surface area contributed by atoms with E-state index in [4.69, 9.17) is 0 Å². The van der Waals surface area contributed by atoms with E-state index in [2.05, 4.69) is 51.6 Å². The Morgan fingerprint density at radius 2 is 2.11 bits per heavy atom. The molecule has 0 fully saturated rings. The van der Waals surface area contributed by atoms with Crippen molar-refractivity contribution in [1.82, 2.24) is 19.6 Å². The maximum Gasteiger partial charge on any atom is 0.254 e. The number of aryl methyl sites for hydroxylation is 2. The Kier molecular flexibility index (Phi) is 2.87. The second kappa shape index (κ2) is 4.68. The van der Waals surface area contributed by atoms with Gasteiger partial charge in [-0.3, -0.25) is 0 Å². The predicted molar refractivity (Wildman–Crippen MR) is 74.0 cm³/mol. The molecular formula is C14H15N5. The monoisotopic (exact) mass is 253 g/mol. The van der Waals surface area contributed by atoms with Gasteiger partial charge in [0.05, 0.1) is 0 Å². The second-order valence-electron chi connectivity index (χ2n) is 4.60. The van der Waals surface area contributed by atoms with Gasteiger partial charge in [-0.15, -0.1) is 0 Å². The molecule has 0 aliphatic heterocycles. The van der Waals surface area contributed by atoms with E-state index in [0.29, 0.717) is 5.78 Å². The van der Waals surface area contributed by atoms with Crippen molar-refractivity contribution >= 4 is 11.6 Å². The summed E-state index contributed by atoms with van der Waals surface area (Å²) in [6, 6.07) is 10.4. The molecule has 5 nitrogen and oxygen atoms in total. The van der Waals surface area contributed by atoms with Crippen molar-refractivity contribution in [2.24, 2.45) is 0 Å². The van der Waals surface area contributed by atoms with Crippen molar-refractivity contribution in [3.8, 4) is 0 Å². The molecule has 19 heavy (non-hydrogen) atoms. The fourth-order valence-corrected chi connectivity index (χ4v) is 2.07. The van der Waals surface area contributed by atoms with Crippen LogP contribution in [0.2, 0.25) is 0 Å². The number of hydrogen-bond acceptors (Lipinski definition) is 4. The van der Waals surface area contributed by atoms with E-state index in [1.54, 1.807) is 4.52 Å². The highest BCUT2D eigenvalue weighted by molar-refractivity contribution is 5.45. The standard InChI is InChI=1S/C14H15N5/c1-10-4-3-5-12(6-10)8-15-13-7-11(2)18-14-16-9-17-19(13)14/h3-7,9,15H,8H2,1-2H3. The first kappa shape index (κ1) is 11.6. The fraction of sp³-hybridized carbons (Fsp3) is 0.214. The van der Waals surface area contributed by atoms with Gasteiger partial charge in [0.1, 0.15) is 12.1 Å². The molecule has 0 bridgehead atoms. The number of rotatable bonds is 3. The quantitative estimate of drug-likeness (QED) is 0.778. The number of hydrogen-bond donors (Lipinski definition) is 1. The summed E-state index contributed by atoms with van der Waals surface area (Å²) in [5.41, 5.74) is 3.42.